The van der Waals surface area contributed by atoms with Gasteiger partial charge in [0.05, 0.1) is 33.2 Å². The van der Waals surface area contributed by atoms with Crippen molar-refractivity contribution in [1.29, 1.82) is 0 Å². The maximum atomic E-state index is 13.5. The summed E-state index contributed by atoms with van der Waals surface area (Å²) in [5.74, 6) is 1.33. The van der Waals surface area contributed by atoms with Crippen LogP contribution in [0.2, 0.25) is 10.0 Å². The van der Waals surface area contributed by atoms with Crippen LogP contribution in [0.4, 0.5) is 11.4 Å². The Bertz CT molecular complexity index is 1570. The summed E-state index contributed by atoms with van der Waals surface area (Å²) >= 11 is 12.8. The Hall–Kier alpha value is -2.84. The SMILES string of the molecule is O=C(Cc1ccccc1Nc1c(Cl)cccc1Cl)OC1=C2OC3C(=O)CC[C@@]4(O)C5NCCC34C2C(C=C1)C5CC1CC1. The van der Waals surface area contributed by atoms with E-state index in [4.69, 9.17) is 32.7 Å². The maximum Gasteiger partial charge on any atom is 0.315 e. The molecule has 43 heavy (non-hydrogen) atoms. The van der Waals surface area contributed by atoms with Gasteiger partial charge < -0.3 is 25.2 Å². The number of Topliss-reactive ketones (excluding diaryl/α,β-unsaturated/α-hetero) is 1. The molecule has 4 aliphatic carbocycles. The van der Waals surface area contributed by atoms with Gasteiger partial charge in [-0.25, -0.2) is 0 Å². The van der Waals surface area contributed by atoms with Crippen LogP contribution in [-0.2, 0) is 25.5 Å². The number of rotatable bonds is 7. The molecule has 7 atom stereocenters. The fraction of sp³-hybridized carbons (Fsp3) is 0.471. The van der Waals surface area contributed by atoms with Gasteiger partial charge in [0.1, 0.15) is 5.76 Å². The number of hydrogen-bond donors (Lipinski definition) is 3. The molecule has 0 radical (unpaired) electrons. The zero-order chi connectivity index (χ0) is 29.5. The number of nitrogens with one attached hydrogen (secondary N) is 2. The number of para-hydroxylation sites is 2. The standard InChI is InChI=1S/C34H34Cl2N2O5/c35-22-5-3-6-23(36)29(22)38-24-7-2-1-4-19(24)17-27(40)42-26-11-10-20-21(16-18-8-9-18)31-34(41)13-12-25(39)32-33(34,14-15-37-31)28(20)30(26)43-32/h1-7,10-11,18,20-21,28,31-32,37-38,41H,8-9,12-17H2/t20?,21?,28?,31?,32?,33?,34-/m1/s1. The van der Waals surface area contributed by atoms with Crippen molar-refractivity contribution in [2.75, 3.05) is 11.9 Å². The lowest BCUT2D eigenvalue weighted by atomic mass is 9.42. The average Bonchev–Trinajstić information content (AvgIpc) is 3.73. The Morgan fingerprint density at radius 2 is 1.91 bits per heavy atom. The second-order valence-corrected chi connectivity index (χ2v) is 13.9. The molecule has 2 aromatic rings. The molecule has 2 heterocycles. The highest BCUT2D eigenvalue weighted by molar-refractivity contribution is 6.39. The number of anilines is 2. The lowest BCUT2D eigenvalue weighted by Gasteiger charge is -2.65. The fourth-order valence-corrected chi connectivity index (χ4v) is 9.49. The molecule has 0 aromatic heterocycles. The monoisotopic (exact) mass is 620 g/mol. The Labute approximate surface area is 260 Å². The van der Waals surface area contributed by atoms with Crippen LogP contribution in [0.15, 0.2) is 66.1 Å². The minimum Gasteiger partial charge on any atom is -0.482 e. The summed E-state index contributed by atoms with van der Waals surface area (Å²) in [5, 5.41) is 20.4. The second-order valence-electron chi connectivity index (χ2n) is 13.1. The number of esters is 1. The number of ketones is 1. The normalized spacial score (nSPS) is 35.3. The second kappa shape index (κ2) is 10.1. The van der Waals surface area contributed by atoms with Gasteiger partial charge in [0.15, 0.2) is 17.6 Å². The number of halogens is 2. The molecule has 9 heteroatoms. The molecule has 2 saturated heterocycles. The number of ether oxygens (including phenoxy) is 2. The van der Waals surface area contributed by atoms with Crippen molar-refractivity contribution in [3.05, 3.63) is 81.7 Å². The number of carbonyl (C=O) groups excluding carboxylic acids is 2. The maximum absolute atomic E-state index is 13.5. The molecule has 2 aliphatic heterocycles. The number of aliphatic hydroxyl groups is 1. The van der Waals surface area contributed by atoms with Gasteiger partial charge in [-0.15, -0.1) is 0 Å². The Morgan fingerprint density at radius 3 is 2.70 bits per heavy atom. The highest BCUT2D eigenvalue weighted by Gasteiger charge is 2.78. The first-order chi connectivity index (χ1) is 20.8. The molecule has 3 N–H and O–H groups in total. The number of carbonyl (C=O) groups is 2. The molecular formula is C34H34Cl2N2O5. The third-order valence-corrected chi connectivity index (χ3v) is 11.6. The first kappa shape index (κ1) is 27.7. The minimum atomic E-state index is -1.04. The van der Waals surface area contributed by atoms with Gasteiger partial charge in [-0.1, -0.05) is 66.4 Å². The van der Waals surface area contributed by atoms with Crippen molar-refractivity contribution in [3.8, 4) is 0 Å². The van der Waals surface area contributed by atoms with Gasteiger partial charge in [0, 0.05) is 24.1 Å². The summed E-state index contributed by atoms with van der Waals surface area (Å²) in [7, 11) is 0. The van der Waals surface area contributed by atoms with Crippen molar-refractivity contribution < 1.29 is 24.2 Å². The van der Waals surface area contributed by atoms with E-state index in [0.717, 1.165) is 18.5 Å². The molecule has 7 nitrogen and oxygen atoms in total. The van der Waals surface area contributed by atoms with Gasteiger partial charge in [0.25, 0.3) is 0 Å². The van der Waals surface area contributed by atoms with Crippen molar-refractivity contribution in [2.24, 2.45) is 29.1 Å². The van der Waals surface area contributed by atoms with Crippen LogP contribution in [0.5, 0.6) is 0 Å². The first-order valence-corrected chi connectivity index (χ1v) is 16.1. The summed E-state index contributed by atoms with van der Waals surface area (Å²) in [6.45, 7) is 0.732. The fourth-order valence-electron chi connectivity index (χ4n) is 9.00. The highest BCUT2D eigenvalue weighted by Crippen LogP contribution is 2.70. The highest BCUT2D eigenvalue weighted by atomic mass is 35.5. The molecule has 6 aliphatic rings. The Kier molecular flexibility index (Phi) is 6.50. The third kappa shape index (κ3) is 4.15. The Morgan fingerprint density at radius 1 is 1.12 bits per heavy atom. The summed E-state index contributed by atoms with van der Waals surface area (Å²) in [4.78, 5) is 26.9. The van der Waals surface area contributed by atoms with Crippen molar-refractivity contribution in [2.45, 2.75) is 62.7 Å². The van der Waals surface area contributed by atoms with Crippen molar-refractivity contribution >= 4 is 46.3 Å². The van der Waals surface area contributed by atoms with E-state index >= 15 is 0 Å². The lowest BCUT2D eigenvalue weighted by molar-refractivity contribution is -0.230. The number of benzene rings is 2. The summed E-state index contributed by atoms with van der Waals surface area (Å²) in [5.41, 5.74) is 0.219. The van der Waals surface area contributed by atoms with E-state index in [1.165, 1.54) is 12.8 Å². The van der Waals surface area contributed by atoms with Crippen molar-refractivity contribution in [1.82, 2.24) is 5.32 Å². The molecule has 1 spiro atoms. The van der Waals surface area contributed by atoms with E-state index in [-0.39, 0.29) is 36.0 Å². The van der Waals surface area contributed by atoms with Crippen LogP contribution < -0.4 is 10.6 Å². The van der Waals surface area contributed by atoms with Gasteiger partial charge in [-0.2, -0.15) is 0 Å². The van der Waals surface area contributed by atoms with E-state index < -0.39 is 23.1 Å². The molecule has 3 saturated carbocycles. The van der Waals surface area contributed by atoms with E-state index in [2.05, 4.69) is 16.7 Å². The third-order valence-electron chi connectivity index (χ3n) is 10.9. The largest absolute Gasteiger partial charge is 0.482 e. The Balaban J connectivity index is 1.11. The summed E-state index contributed by atoms with van der Waals surface area (Å²) in [6, 6.07) is 12.6. The molecule has 224 valence electrons. The lowest BCUT2D eigenvalue weighted by Crippen LogP contribution is -2.78. The smallest absolute Gasteiger partial charge is 0.315 e. The molecule has 2 aromatic carbocycles. The van der Waals surface area contributed by atoms with E-state index in [0.29, 0.717) is 58.1 Å². The molecule has 8 rings (SSSR count). The molecule has 2 bridgehead atoms. The van der Waals surface area contributed by atoms with Gasteiger partial charge in [-0.05, 0) is 73.4 Å². The topological polar surface area (TPSA) is 96.9 Å². The van der Waals surface area contributed by atoms with Crippen LogP contribution in [0.1, 0.15) is 44.1 Å². The predicted octanol–water partition coefficient (Wildman–Crippen LogP) is 6.11. The molecule has 0 amide bonds. The number of allylic oxidation sites excluding steroid dienone is 3. The van der Waals surface area contributed by atoms with Crippen LogP contribution in [0.3, 0.4) is 0 Å². The van der Waals surface area contributed by atoms with Crippen LogP contribution >= 0.6 is 23.2 Å². The van der Waals surface area contributed by atoms with E-state index in [1.807, 2.05) is 30.3 Å². The van der Waals surface area contributed by atoms with Gasteiger partial charge in [0.2, 0.25) is 0 Å². The summed E-state index contributed by atoms with van der Waals surface area (Å²) in [6.07, 6.45) is 8.19. The number of piperidine rings is 1. The van der Waals surface area contributed by atoms with E-state index in [9.17, 15) is 14.7 Å². The molecule has 5 fully saturated rings. The first-order valence-electron chi connectivity index (χ1n) is 15.4. The minimum absolute atomic E-state index is 0.00228. The van der Waals surface area contributed by atoms with Crippen LogP contribution in [0.25, 0.3) is 0 Å². The molecule has 6 unspecified atom stereocenters. The average molecular weight is 622 g/mol. The summed E-state index contributed by atoms with van der Waals surface area (Å²) < 4.78 is 12.6. The van der Waals surface area contributed by atoms with Gasteiger partial charge >= 0.3 is 5.97 Å². The number of hydrogen-bond acceptors (Lipinski definition) is 7. The van der Waals surface area contributed by atoms with Gasteiger partial charge in [-0.3, -0.25) is 9.59 Å². The molecular weight excluding hydrogens is 587 g/mol. The zero-order valence-electron chi connectivity index (χ0n) is 23.7. The predicted molar refractivity (Wildman–Crippen MR) is 163 cm³/mol. The zero-order valence-corrected chi connectivity index (χ0v) is 25.2. The van der Waals surface area contributed by atoms with Crippen LogP contribution in [0, 0.1) is 29.1 Å². The van der Waals surface area contributed by atoms with Crippen molar-refractivity contribution in [3.63, 3.8) is 0 Å². The van der Waals surface area contributed by atoms with Crippen LogP contribution in [-0.4, -0.2) is 41.2 Å². The quantitative estimate of drug-likeness (QED) is 0.321. The van der Waals surface area contributed by atoms with E-state index in [1.54, 1.807) is 18.2 Å².